The van der Waals surface area contributed by atoms with Gasteiger partial charge in [-0.1, -0.05) is 96.0 Å². The molecule has 2 rings (SSSR count). The second-order valence-corrected chi connectivity index (χ2v) is 9.45. The second-order valence-electron chi connectivity index (χ2n) is 9.04. The normalized spacial score (nSPS) is 9.59. The zero-order valence-corrected chi connectivity index (χ0v) is 22.6. The van der Waals surface area contributed by atoms with Gasteiger partial charge in [0.2, 0.25) is 0 Å². The molecule has 0 aliphatic heterocycles. The first kappa shape index (κ1) is 33.2. The van der Waals surface area contributed by atoms with Crippen molar-refractivity contribution in [2.24, 2.45) is 0 Å². The Labute approximate surface area is 212 Å². The van der Waals surface area contributed by atoms with E-state index in [1.807, 2.05) is 0 Å². The molecule has 0 atom stereocenters. The first-order valence-electron chi connectivity index (χ1n) is 10.8. The second kappa shape index (κ2) is 17.5. The van der Waals surface area contributed by atoms with Gasteiger partial charge < -0.3 is 9.11 Å². The van der Waals surface area contributed by atoms with Crippen LogP contribution >= 0.6 is 0 Å². The number of terminal acetylenes is 1. The minimum Gasteiger partial charge on any atom is -0.784 e. The molecular formula is C30H39O3S-. The summed E-state index contributed by atoms with van der Waals surface area (Å²) >= 11 is -3.11. The van der Waals surface area contributed by atoms with Crippen LogP contribution in [0.3, 0.4) is 0 Å². The van der Waals surface area contributed by atoms with E-state index in [0.29, 0.717) is 0 Å². The smallest absolute Gasteiger partial charge is 0.0746 e. The molecule has 0 amide bonds. The molecule has 0 spiro atoms. The first-order chi connectivity index (χ1) is 15.8. The fourth-order valence-corrected chi connectivity index (χ4v) is 2.61. The van der Waals surface area contributed by atoms with Crippen LogP contribution in [0, 0.1) is 42.9 Å². The van der Waals surface area contributed by atoms with Gasteiger partial charge in [0.1, 0.15) is 0 Å². The van der Waals surface area contributed by atoms with Crippen molar-refractivity contribution in [2.75, 3.05) is 0 Å². The van der Waals surface area contributed by atoms with Crippen molar-refractivity contribution in [3.8, 4) is 36.0 Å². The van der Waals surface area contributed by atoms with Crippen molar-refractivity contribution in [2.45, 2.75) is 72.6 Å². The molecule has 0 aliphatic carbocycles. The lowest BCUT2D eigenvalue weighted by Crippen LogP contribution is -2.11. The minimum absolute atomic E-state index is 0. The van der Waals surface area contributed by atoms with Crippen LogP contribution in [0.25, 0.3) is 0 Å². The van der Waals surface area contributed by atoms with Crippen LogP contribution in [0.1, 0.15) is 79.1 Å². The van der Waals surface area contributed by atoms with E-state index in [4.69, 9.17) is 19.7 Å². The SMILES string of the molecule is C#CC#CC#CC.CC(C)(C)c1ccc(Cc2ccc(C(C)(C)C)cc2)cc1.O=S([O-])[O-].[CH2+]C.[HH]. The van der Waals surface area contributed by atoms with Crippen molar-refractivity contribution in [3.05, 3.63) is 77.7 Å². The Kier molecular flexibility index (Phi) is 17.1. The maximum Gasteiger partial charge on any atom is 0.0746 e. The zero-order valence-electron chi connectivity index (χ0n) is 21.7. The van der Waals surface area contributed by atoms with E-state index in [1.54, 1.807) is 13.8 Å². The van der Waals surface area contributed by atoms with Crippen LogP contribution in [0.4, 0.5) is 0 Å². The molecular weight excluding hydrogens is 440 g/mol. The highest BCUT2D eigenvalue weighted by Gasteiger charge is 2.14. The summed E-state index contributed by atoms with van der Waals surface area (Å²) in [4.78, 5) is 0. The molecule has 0 N–H and O–H groups in total. The van der Waals surface area contributed by atoms with Gasteiger partial charge in [0.25, 0.3) is 0 Å². The van der Waals surface area contributed by atoms with Crippen LogP contribution in [0.2, 0.25) is 0 Å². The Hall–Kier alpha value is -2.94. The maximum atomic E-state index is 8.44. The van der Waals surface area contributed by atoms with E-state index in [-0.39, 0.29) is 12.3 Å². The summed E-state index contributed by atoms with van der Waals surface area (Å²) in [5.41, 5.74) is 6.02. The van der Waals surface area contributed by atoms with Crippen molar-refractivity contribution in [1.29, 1.82) is 0 Å². The van der Waals surface area contributed by atoms with Crippen molar-refractivity contribution >= 4 is 11.4 Å². The van der Waals surface area contributed by atoms with E-state index < -0.39 is 11.4 Å². The summed E-state index contributed by atoms with van der Waals surface area (Å²) in [7, 11) is 0. The molecule has 2 aromatic rings. The molecule has 0 saturated carbocycles. The fraction of sp³-hybridized carbons (Fsp3) is 0.367. The lowest BCUT2D eigenvalue weighted by Gasteiger charge is -2.20. The van der Waals surface area contributed by atoms with Gasteiger partial charge in [0.05, 0.1) is 13.8 Å². The van der Waals surface area contributed by atoms with Crippen LogP contribution in [0.5, 0.6) is 0 Å². The van der Waals surface area contributed by atoms with Gasteiger partial charge in [-0.2, -0.15) is 0 Å². The van der Waals surface area contributed by atoms with E-state index in [1.165, 1.54) is 22.3 Å². The average Bonchev–Trinajstić information content (AvgIpc) is 2.75. The van der Waals surface area contributed by atoms with E-state index in [2.05, 4.69) is 127 Å². The van der Waals surface area contributed by atoms with Gasteiger partial charge in [0.15, 0.2) is 0 Å². The Bertz CT molecular complexity index is 953. The number of hydrogen-bond donors (Lipinski definition) is 0. The maximum absolute atomic E-state index is 8.44. The molecule has 0 radical (unpaired) electrons. The van der Waals surface area contributed by atoms with Crippen LogP contribution in [0.15, 0.2) is 48.5 Å². The zero-order chi connectivity index (χ0) is 26.8. The Balaban J connectivity index is -0.000000612. The molecule has 0 aromatic heterocycles. The van der Waals surface area contributed by atoms with E-state index in [0.717, 1.165) is 6.42 Å². The molecule has 4 heteroatoms. The largest absolute Gasteiger partial charge is 0.784 e. The molecule has 34 heavy (non-hydrogen) atoms. The highest BCUT2D eigenvalue weighted by molar-refractivity contribution is 7.72. The van der Waals surface area contributed by atoms with Crippen molar-refractivity contribution in [1.82, 2.24) is 0 Å². The standard InChI is InChI=1S/C21H28.C7H4.C2H5.H2O3S.H2/c1-20(2,3)18-11-7-16(8-12-18)15-17-9-13-19(14-10-17)21(4,5)6;1-3-5-7-6-4-2;1-2;1-4(2)3;/h7-14H,15H2,1-6H3;1H,2H3;1H2,2H3;(H2,1,2,3);1H/q;;+1;;/p-2. The Morgan fingerprint density at radius 2 is 1.12 bits per heavy atom. The Morgan fingerprint density at radius 3 is 1.35 bits per heavy atom. The molecule has 0 aliphatic rings. The highest BCUT2D eigenvalue weighted by atomic mass is 32.2. The van der Waals surface area contributed by atoms with Gasteiger partial charge in [-0.05, 0) is 70.1 Å². The highest BCUT2D eigenvalue weighted by Crippen LogP contribution is 2.24. The van der Waals surface area contributed by atoms with Crippen LogP contribution in [-0.4, -0.2) is 13.3 Å². The summed E-state index contributed by atoms with van der Waals surface area (Å²) in [5, 5.41) is 0. The monoisotopic (exact) mass is 479 g/mol. The minimum atomic E-state index is -3.11. The molecule has 184 valence electrons. The van der Waals surface area contributed by atoms with Gasteiger partial charge in [-0.15, -0.1) is 17.8 Å². The third kappa shape index (κ3) is 16.7. The number of rotatable bonds is 2. The van der Waals surface area contributed by atoms with E-state index in [9.17, 15) is 0 Å². The molecule has 0 bridgehead atoms. The van der Waals surface area contributed by atoms with Gasteiger partial charge >= 0.3 is 0 Å². The Morgan fingerprint density at radius 1 is 0.794 bits per heavy atom. The lowest BCUT2D eigenvalue weighted by molar-refractivity contribution is 0.419. The topological polar surface area (TPSA) is 63.2 Å². The lowest BCUT2D eigenvalue weighted by atomic mass is 9.85. The predicted molar refractivity (Wildman–Crippen MR) is 146 cm³/mol. The summed E-state index contributed by atoms with van der Waals surface area (Å²) in [6.45, 7) is 20.3. The van der Waals surface area contributed by atoms with Crippen LogP contribution in [-0.2, 0) is 28.6 Å². The molecule has 0 heterocycles. The molecule has 3 nitrogen and oxygen atoms in total. The molecule has 0 unspecified atom stereocenters. The fourth-order valence-electron chi connectivity index (χ4n) is 2.61. The van der Waals surface area contributed by atoms with E-state index >= 15 is 0 Å². The third-order valence-electron chi connectivity index (χ3n) is 4.37. The quantitative estimate of drug-likeness (QED) is 0.277. The van der Waals surface area contributed by atoms with Crippen LogP contribution < -0.4 is 0 Å². The summed E-state index contributed by atoms with van der Waals surface area (Å²) in [5.74, 6) is 12.0. The van der Waals surface area contributed by atoms with Gasteiger partial charge in [0, 0.05) is 1.43 Å². The molecule has 0 saturated heterocycles. The first-order valence-corrected chi connectivity index (χ1v) is 11.8. The van der Waals surface area contributed by atoms with Crippen molar-refractivity contribution < 1.29 is 14.7 Å². The predicted octanol–water partition coefficient (Wildman–Crippen LogP) is 6.60. The summed E-state index contributed by atoms with van der Waals surface area (Å²) < 4.78 is 25.3. The summed E-state index contributed by atoms with van der Waals surface area (Å²) in [6, 6.07) is 18.1. The van der Waals surface area contributed by atoms with Gasteiger partial charge in [-0.25, -0.2) is 0 Å². The third-order valence-corrected chi connectivity index (χ3v) is 4.37. The van der Waals surface area contributed by atoms with Gasteiger partial charge in [-0.3, -0.25) is 4.21 Å². The number of benzene rings is 2. The number of hydrogen-bond acceptors (Lipinski definition) is 3. The molecule has 0 fully saturated rings. The van der Waals surface area contributed by atoms with Crippen molar-refractivity contribution in [3.63, 3.8) is 0 Å². The molecule has 2 aromatic carbocycles. The average molecular weight is 480 g/mol. The summed E-state index contributed by atoms with van der Waals surface area (Å²) in [6.07, 6.45) is 5.79.